The molecule has 0 bridgehead atoms. The number of alkyl halides is 3. The monoisotopic (exact) mass is 448 g/mol. The number of rotatable bonds is 6. The average molecular weight is 449 g/mol. The van der Waals surface area contributed by atoms with Crippen molar-refractivity contribution in [1.29, 1.82) is 0 Å². The zero-order valence-corrected chi connectivity index (χ0v) is 17.9. The van der Waals surface area contributed by atoms with E-state index in [0.717, 1.165) is 42.8 Å². The van der Waals surface area contributed by atoms with Crippen molar-refractivity contribution in [3.63, 3.8) is 0 Å². The van der Waals surface area contributed by atoms with Crippen LogP contribution in [0.15, 0.2) is 30.5 Å². The Bertz CT molecular complexity index is 1060. The van der Waals surface area contributed by atoms with Crippen molar-refractivity contribution in [1.82, 2.24) is 20.1 Å². The van der Waals surface area contributed by atoms with Crippen LogP contribution in [0, 0.1) is 6.92 Å². The number of hydrogen-bond donors (Lipinski definition) is 1. The molecule has 1 amide bonds. The third-order valence-electron chi connectivity index (χ3n) is 5.42. The summed E-state index contributed by atoms with van der Waals surface area (Å²) in [6.07, 6.45) is 3.18. The highest BCUT2D eigenvalue weighted by Gasteiger charge is 2.30. The first-order valence-corrected chi connectivity index (χ1v) is 11.1. The molecule has 4 rings (SSSR count). The van der Waals surface area contributed by atoms with Crippen molar-refractivity contribution in [2.24, 2.45) is 0 Å². The van der Waals surface area contributed by atoms with Crippen LogP contribution in [0.5, 0.6) is 0 Å². The van der Waals surface area contributed by atoms with E-state index in [2.05, 4.69) is 10.4 Å². The predicted molar refractivity (Wildman–Crippen MR) is 113 cm³/mol. The second kappa shape index (κ2) is 8.82. The number of nitrogens with zero attached hydrogens (tertiary/aromatic N) is 3. The largest absolute Gasteiger partial charge is 0.416 e. The van der Waals surface area contributed by atoms with E-state index < -0.39 is 11.7 Å². The minimum Gasteiger partial charge on any atom is -0.352 e. The molecule has 1 aliphatic rings. The van der Waals surface area contributed by atoms with Crippen molar-refractivity contribution in [3.05, 3.63) is 62.9 Å². The quantitative estimate of drug-likeness (QED) is 0.546. The Kier molecular flexibility index (Phi) is 6.13. The maximum Gasteiger partial charge on any atom is 0.416 e. The van der Waals surface area contributed by atoms with Crippen molar-refractivity contribution in [3.8, 4) is 5.69 Å². The standard InChI is InChI=1S/C22H23F3N4OS/c1-14-17(13-27-29(14)16-7-4-6-15(12-16)22(23,24)25)21(30)26-11-5-10-20-28-18-8-2-3-9-19(18)31-20/h4,6-7,12-13H,2-3,5,8-11H2,1H3,(H,26,30). The molecule has 164 valence electrons. The minimum atomic E-state index is -4.44. The van der Waals surface area contributed by atoms with Gasteiger partial charge in [-0.05, 0) is 57.2 Å². The number of hydrogen-bond acceptors (Lipinski definition) is 4. The zero-order valence-electron chi connectivity index (χ0n) is 17.1. The van der Waals surface area contributed by atoms with Crippen LogP contribution in [-0.4, -0.2) is 27.2 Å². The lowest BCUT2D eigenvalue weighted by atomic mass is 10.0. The van der Waals surface area contributed by atoms with E-state index in [0.29, 0.717) is 17.8 Å². The van der Waals surface area contributed by atoms with Gasteiger partial charge in [0.1, 0.15) is 0 Å². The van der Waals surface area contributed by atoms with Crippen LogP contribution in [0.4, 0.5) is 13.2 Å². The van der Waals surface area contributed by atoms with Gasteiger partial charge in [0.15, 0.2) is 0 Å². The molecule has 2 aromatic heterocycles. The summed E-state index contributed by atoms with van der Waals surface area (Å²) in [6.45, 7) is 2.17. The highest BCUT2D eigenvalue weighted by molar-refractivity contribution is 7.11. The fourth-order valence-electron chi connectivity index (χ4n) is 3.76. The lowest BCUT2D eigenvalue weighted by Crippen LogP contribution is -2.25. The number of carbonyl (C=O) groups excluding carboxylic acids is 1. The van der Waals surface area contributed by atoms with Crippen LogP contribution >= 0.6 is 11.3 Å². The van der Waals surface area contributed by atoms with Crippen molar-refractivity contribution in [2.75, 3.05) is 6.54 Å². The van der Waals surface area contributed by atoms with Gasteiger partial charge in [0.05, 0.1) is 39.4 Å². The van der Waals surface area contributed by atoms with Crippen molar-refractivity contribution in [2.45, 2.75) is 51.6 Å². The van der Waals surface area contributed by atoms with Crippen molar-refractivity contribution >= 4 is 17.2 Å². The number of thiazole rings is 1. The Morgan fingerprint density at radius 2 is 2.06 bits per heavy atom. The molecule has 0 saturated carbocycles. The van der Waals surface area contributed by atoms with Gasteiger partial charge in [-0.15, -0.1) is 11.3 Å². The Hall–Kier alpha value is -2.68. The first kappa shape index (κ1) is 21.5. The van der Waals surface area contributed by atoms with E-state index in [1.807, 2.05) is 0 Å². The highest BCUT2D eigenvalue weighted by atomic mass is 32.1. The second-order valence-electron chi connectivity index (χ2n) is 7.65. The maximum atomic E-state index is 13.0. The SMILES string of the molecule is Cc1c(C(=O)NCCCc2nc3c(s2)CCCC3)cnn1-c1cccc(C(F)(F)F)c1. The van der Waals surface area contributed by atoms with Gasteiger partial charge in [-0.3, -0.25) is 4.79 Å². The molecule has 2 heterocycles. The lowest BCUT2D eigenvalue weighted by Gasteiger charge is -2.10. The molecule has 1 aromatic carbocycles. The molecule has 0 atom stereocenters. The number of amides is 1. The number of aryl methyl sites for hydroxylation is 3. The number of benzene rings is 1. The highest BCUT2D eigenvalue weighted by Crippen LogP contribution is 2.30. The first-order chi connectivity index (χ1) is 14.8. The molecular formula is C22H23F3N4OS. The molecule has 0 fully saturated rings. The summed E-state index contributed by atoms with van der Waals surface area (Å²) in [4.78, 5) is 18.7. The summed E-state index contributed by atoms with van der Waals surface area (Å²) in [6, 6.07) is 4.89. The van der Waals surface area contributed by atoms with Gasteiger partial charge in [0.2, 0.25) is 0 Å². The predicted octanol–water partition coefficient (Wildman–Crippen LogP) is 4.90. The first-order valence-electron chi connectivity index (χ1n) is 10.3. The van der Waals surface area contributed by atoms with Crippen LogP contribution in [0.25, 0.3) is 5.69 Å². The number of fused-ring (bicyclic) bond motifs is 1. The smallest absolute Gasteiger partial charge is 0.352 e. The number of halogens is 3. The molecule has 5 nitrogen and oxygen atoms in total. The third-order valence-corrected chi connectivity index (χ3v) is 6.63. The summed E-state index contributed by atoms with van der Waals surface area (Å²) in [5.74, 6) is -0.283. The van der Waals surface area contributed by atoms with E-state index in [4.69, 9.17) is 4.98 Å². The Morgan fingerprint density at radius 1 is 1.26 bits per heavy atom. The van der Waals surface area contributed by atoms with Gasteiger partial charge in [0, 0.05) is 17.8 Å². The van der Waals surface area contributed by atoms with E-state index in [1.54, 1.807) is 18.3 Å². The molecule has 1 N–H and O–H groups in total. The summed E-state index contributed by atoms with van der Waals surface area (Å²) in [7, 11) is 0. The fourth-order valence-corrected chi connectivity index (χ4v) is 4.95. The molecule has 3 aromatic rings. The van der Waals surface area contributed by atoms with Gasteiger partial charge in [-0.1, -0.05) is 6.07 Å². The Labute approximate surface area is 182 Å². The van der Waals surface area contributed by atoms with E-state index >= 15 is 0 Å². The lowest BCUT2D eigenvalue weighted by molar-refractivity contribution is -0.137. The summed E-state index contributed by atoms with van der Waals surface area (Å²) < 4.78 is 40.3. The van der Waals surface area contributed by atoms with E-state index in [-0.39, 0.29) is 11.6 Å². The van der Waals surface area contributed by atoms with Crippen LogP contribution in [0.2, 0.25) is 0 Å². The average Bonchev–Trinajstić information content (AvgIpc) is 3.33. The minimum absolute atomic E-state index is 0.263. The van der Waals surface area contributed by atoms with Crippen LogP contribution < -0.4 is 5.32 Å². The Balaban J connectivity index is 1.35. The van der Waals surface area contributed by atoms with Crippen LogP contribution in [0.3, 0.4) is 0 Å². The molecule has 9 heteroatoms. The summed E-state index contributed by atoms with van der Waals surface area (Å²) in [5, 5.41) is 8.12. The molecule has 31 heavy (non-hydrogen) atoms. The molecule has 0 radical (unpaired) electrons. The van der Waals surface area contributed by atoms with E-state index in [1.165, 1.54) is 46.4 Å². The third kappa shape index (κ3) is 4.81. The fraction of sp³-hybridized carbons (Fsp3) is 0.409. The number of carbonyl (C=O) groups is 1. The van der Waals surface area contributed by atoms with Gasteiger partial charge < -0.3 is 5.32 Å². The van der Waals surface area contributed by atoms with Crippen LogP contribution in [0.1, 0.15) is 56.5 Å². The summed E-state index contributed by atoms with van der Waals surface area (Å²) >= 11 is 1.78. The number of nitrogens with one attached hydrogen (secondary N) is 1. The second-order valence-corrected chi connectivity index (χ2v) is 8.82. The summed E-state index contributed by atoms with van der Waals surface area (Å²) in [5.41, 5.74) is 1.59. The van der Waals surface area contributed by atoms with Gasteiger partial charge in [0.25, 0.3) is 5.91 Å². The maximum absolute atomic E-state index is 13.0. The molecule has 0 aliphatic heterocycles. The van der Waals surface area contributed by atoms with Gasteiger partial charge in [-0.2, -0.15) is 18.3 Å². The molecular weight excluding hydrogens is 425 g/mol. The van der Waals surface area contributed by atoms with Gasteiger partial charge >= 0.3 is 6.18 Å². The van der Waals surface area contributed by atoms with Crippen molar-refractivity contribution < 1.29 is 18.0 Å². The normalized spacial score (nSPS) is 13.8. The van der Waals surface area contributed by atoms with Crippen LogP contribution in [-0.2, 0) is 25.4 Å². The zero-order chi connectivity index (χ0) is 22.0. The number of aromatic nitrogens is 3. The molecule has 0 unspecified atom stereocenters. The van der Waals surface area contributed by atoms with E-state index in [9.17, 15) is 18.0 Å². The Morgan fingerprint density at radius 3 is 2.84 bits per heavy atom. The van der Waals surface area contributed by atoms with Gasteiger partial charge in [-0.25, -0.2) is 9.67 Å². The molecule has 0 saturated heterocycles. The topological polar surface area (TPSA) is 59.8 Å². The molecule has 1 aliphatic carbocycles. The molecule has 0 spiro atoms.